The van der Waals surface area contributed by atoms with E-state index in [2.05, 4.69) is 4.99 Å². The summed E-state index contributed by atoms with van der Waals surface area (Å²) in [6.45, 7) is -0.0599. The van der Waals surface area contributed by atoms with Gasteiger partial charge in [0.05, 0.1) is 32.0 Å². The molecule has 4 rings (SSSR count). The summed E-state index contributed by atoms with van der Waals surface area (Å²) in [6.07, 6.45) is -6.58. The number of carbonyl (C=O) groups excluding carboxylic acids is 1. The molecule has 2 aromatic rings. The lowest BCUT2D eigenvalue weighted by molar-refractivity contribution is -0.277. The van der Waals surface area contributed by atoms with Crippen molar-refractivity contribution < 1.29 is 63.5 Å². The van der Waals surface area contributed by atoms with Crippen LogP contribution in [0, 0.1) is 0 Å². The Kier molecular flexibility index (Phi) is 10.8. The van der Waals surface area contributed by atoms with Crippen LogP contribution in [0.5, 0.6) is 28.7 Å². The van der Waals surface area contributed by atoms with E-state index in [9.17, 15) is 35.1 Å². The van der Waals surface area contributed by atoms with E-state index in [-0.39, 0.29) is 65.4 Å². The van der Waals surface area contributed by atoms with Gasteiger partial charge in [-0.15, -0.1) is 0 Å². The van der Waals surface area contributed by atoms with E-state index in [0.29, 0.717) is 30.4 Å². The van der Waals surface area contributed by atoms with Gasteiger partial charge in [0, 0.05) is 12.1 Å². The lowest BCUT2D eigenvalue weighted by Crippen LogP contribution is -2.60. The summed E-state index contributed by atoms with van der Waals surface area (Å²) in [7, 11) is 2.57. The van der Waals surface area contributed by atoms with Crippen molar-refractivity contribution in [3.63, 3.8) is 0 Å². The molecule has 0 saturated carbocycles. The number of ether oxygens (including phenoxy) is 6. The quantitative estimate of drug-likeness (QED) is 0.0683. The van der Waals surface area contributed by atoms with Crippen molar-refractivity contribution in [2.24, 2.45) is 16.5 Å². The van der Waals surface area contributed by atoms with Crippen LogP contribution >= 0.6 is 0 Å². The lowest BCUT2D eigenvalue weighted by Gasteiger charge is -2.40. The molecular weight excluding hydrogens is 598 g/mol. The van der Waals surface area contributed by atoms with Crippen LogP contribution in [0.2, 0.25) is 0 Å². The van der Waals surface area contributed by atoms with Crippen LogP contribution in [0.3, 0.4) is 0 Å². The molecule has 2 aromatic carbocycles. The number of phenols is 1. The molecule has 16 nitrogen and oxygen atoms in total. The first-order chi connectivity index (χ1) is 21.5. The fraction of sp³-hybridized carbons (Fsp3) is 0.483. The summed E-state index contributed by atoms with van der Waals surface area (Å²) in [5.74, 6) is -2.32. The summed E-state index contributed by atoms with van der Waals surface area (Å²) in [5.41, 5.74) is 11.6. The average molecular weight is 636 g/mol. The molecule has 9 N–H and O–H groups in total. The Morgan fingerprint density at radius 2 is 1.73 bits per heavy atom. The zero-order valence-corrected chi connectivity index (χ0v) is 24.7. The molecule has 246 valence electrons. The Bertz CT molecular complexity index is 1400. The first kappa shape index (κ1) is 33.4. The summed E-state index contributed by atoms with van der Waals surface area (Å²) in [5, 5.41) is 52.1. The van der Waals surface area contributed by atoms with Crippen LogP contribution in [-0.4, -0.2) is 108 Å². The van der Waals surface area contributed by atoms with Gasteiger partial charge in [0.25, 0.3) is 0 Å². The highest BCUT2D eigenvalue weighted by molar-refractivity contribution is 5.92. The zero-order chi connectivity index (χ0) is 32.8. The predicted octanol–water partition coefficient (Wildman–Crippen LogP) is -0.318. The molecule has 0 amide bonds. The molecule has 0 bridgehead atoms. The maximum atomic E-state index is 12.8. The number of carboxylic acids is 1. The molecule has 0 spiro atoms. The monoisotopic (exact) mass is 635 g/mol. The average Bonchev–Trinajstić information content (AvgIpc) is 3.02. The highest BCUT2D eigenvalue weighted by Crippen LogP contribution is 2.43. The van der Waals surface area contributed by atoms with Gasteiger partial charge in [-0.1, -0.05) is 0 Å². The fourth-order valence-electron chi connectivity index (χ4n) is 5.06. The maximum Gasteiger partial charge on any atom is 0.338 e. The Morgan fingerprint density at radius 3 is 2.36 bits per heavy atom. The number of fused-ring (bicyclic) bond motifs is 1. The number of methoxy groups -OCH3 is 2. The molecule has 1 saturated heterocycles. The number of aliphatic imine (C=N–C) groups is 1. The minimum atomic E-state index is -1.78. The number of nitrogens with zero attached hydrogens (tertiary/aromatic N) is 1. The third kappa shape index (κ3) is 7.42. The van der Waals surface area contributed by atoms with Crippen LogP contribution in [0.1, 0.15) is 44.7 Å². The summed E-state index contributed by atoms with van der Waals surface area (Å²) in [4.78, 5) is 28.9. The van der Waals surface area contributed by atoms with Gasteiger partial charge in [-0.2, -0.15) is 0 Å². The topological polar surface area (TPSA) is 255 Å². The number of carboxylic acid groups (broad SMARTS) is 1. The molecule has 16 heteroatoms. The number of aliphatic hydroxyl groups is 3. The number of carbonyl (C=O) groups is 2. The normalized spacial score (nSPS) is 22.4. The van der Waals surface area contributed by atoms with Gasteiger partial charge in [0.15, 0.2) is 29.0 Å². The van der Waals surface area contributed by atoms with Gasteiger partial charge < -0.3 is 65.4 Å². The fourth-order valence-corrected chi connectivity index (χ4v) is 5.06. The molecule has 0 unspecified atom stereocenters. The number of phenolic OH excluding ortho intramolecular Hbond substituents is 1. The van der Waals surface area contributed by atoms with E-state index in [0.717, 1.165) is 0 Å². The number of hydrogen-bond donors (Lipinski definition) is 7. The smallest absolute Gasteiger partial charge is 0.338 e. The first-order valence-electron chi connectivity index (χ1n) is 14.0. The van der Waals surface area contributed by atoms with Gasteiger partial charge in [0.2, 0.25) is 12.0 Å². The second-order valence-electron chi connectivity index (χ2n) is 10.3. The van der Waals surface area contributed by atoms with Gasteiger partial charge in [0.1, 0.15) is 31.0 Å². The molecule has 0 aliphatic carbocycles. The van der Waals surface area contributed by atoms with Gasteiger partial charge in [-0.05, 0) is 49.4 Å². The molecule has 2 aliphatic rings. The first-order valence-corrected chi connectivity index (χ1v) is 14.0. The van der Waals surface area contributed by atoms with E-state index < -0.39 is 49.3 Å². The number of aliphatic hydroxyl groups excluding tert-OH is 3. The number of rotatable bonds is 12. The number of hydrogen-bond acceptors (Lipinski definition) is 13. The van der Waals surface area contributed by atoms with Crippen LogP contribution in [0.15, 0.2) is 23.2 Å². The number of nitrogens with two attached hydrogens (primary N) is 2. The van der Waals surface area contributed by atoms with Crippen LogP contribution in [-0.2, 0) is 22.3 Å². The van der Waals surface area contributed by atoms with Crippen molar-refractivity contribution in [3.05, 3.63) is 40.5 Å². The third-order valence-electron chi connectivity index (χ3n) is 7.36. The second-order valence-corrected chi connectivity index (χ2v) is 10.3. The highest BCUT2D eigenvalue weighted by Gasteiger charge is 2.46. The number of benzene rings is 2. The largest absolute Gasteiger partial charge is 0.502 e. The van der Waals surface area contributed by atoms with Crippen molar-refractivity contribution in [1.82, 2.24) is 0 Å². The number of aromatic carboxylic acids is 1. The molecule has 0 radical (unpaired) electrons. The van der Waals surface area contributed by atoms with E-state index in [1.807, 2.05) is 0 Å². The Balaban J connectivity index is 1.58. The second kappa shape index (κ2) is 14.5. The Hall–Kier alpha value is -4.51. The molecule has 45 heavy (non-hydrogen) atoms. The van der Waals surface area contributed by atoms with Crippen molar-refractivity contribution >= 4 is 17.9 Å². The maximum absolute atomic E-state index is 12.8. The standard InChI is InChI=1S/C29H37N3O13/c1-40-17-10-14(11-18(41-2)20(17)33)27(39)43-12-19-21(34)22(35)23(36)28(44-19)45-24-13(5-3-7-32-29(30)31)9-16(26(37)38)15-6-4-8-42-25(15)24/h9-11,19,21-23,28,33-36H,3-8,12H2,1-2H3,(H,37,38)(H4,30,31,32)/t19-,21-,22+,23-,28+/m1/s1. The molecule has 2 aliphatic heterocycles. The van der Waals surface area contributed by atoms with Crippen molar-refractivity contribution in [1.29, 1.82) is 0 Å². The highest BCUT2D eigenvalue weighted by atomic mass is 16.7. The molecular formula is C29H37N3O13. The zero-order valence-electron chi connectivity index (χ0n) is 24.7. The van der Waals surface area contributed by atoms with Crippen molar-refractivity contribution in [2.75, 3.05) is 34.0 Å². The van der Waals surface area contributed by atoms with Crippen LogP contribution in [0.4, 0.5) is 0 Å². The molecule has 1 fully saturated rings. The SMILES string of the molecule is COc1cc(C(=O)OC[C@H]2O[C@@H](Oc3c(CCCN=C(N)N)cc(C(=O)O)c4c3OCCC4)[C@H](O)[C@@H](O)[C@@H]2O)cc(OC)c1O. The van der Waals surface area contributed by atoms with Gasteiger partial charge >= 0.3 is 11.9 Å². The minimum absolute atomic E-state index is 0.0294. The van der Waals surface area contributed by atoms with E-state index in [1.165, 1.54) is 32.4 Å². The van der Waals surface area contributed by atoms with Crippen LogP contribution in [0.25, 0.3) is 0 Å². The van der Waals surface area contributed by atoms with Crippen LogP contribution < -0.4 is 30.4 Å². The predicted molar refractivity (Wildman–Crippen MR) is 155 cm³/mol. The van der Waals surface area contributed by atoms with Gasteiger partial charge in [-0.3, -0.25) is 4.99 Å². The minimum Gasteiger partial charge on any atom is -0.502 e. The van der Waals surface area contributed by atoms with Crippen molar-refractivity contribution in [2.45, 2.75) is 56.4 Å². The number of aryl methyl sites for hydroxylation is 1. The number of guanidine groups is 1. The van der Waals surface area contributed by atoms with E-state index in [1.54, 1.807) is 0 Å². The van der Waals surface area contributed by atoms with E-state index in [4.69, 9.17) is 39.9 Å². The van der Waals surface area contributed by atoms with Gasteiger partial charge in [-0.25, -0.2) is 9.59 Å². The summed E-state index contributed by atoms with van der Waals surface area (Å²) < 4.78 is 33.1. The number of aromatic hydroxyl groups is 1. The Labute approximate surface area is 257 Å². The molecule has 2 heterocycles. The van der Waals surface area contributed by atoms with Crippen molar-refractivity contribution in [3.8, 4) is 28.7 Å². The molecule has 5 atom stereocenters. The number of esters is 1. The Morgan fingerprint density at radius 1 is 1.04 bits per heavy atom. The molecule has 0 aromatic heterocycles. The van der Waals surface area contributed by atoms with E-state index >= 15 is 0 Å². The lowest BCUT2D eigenvalue weighted by atomic mass is 9.94. The summed E-state index contributed by atoms with van der Waals surface area (Å²) in [6, 6.07) is 3.89. The third-order valence-corrected chi connectivity index (χ3v) is 7.36. The summed E-state index contributed by atoms with van der Waals surface area (Å²) >= 11 is 0.